The van der Waals surface area contributed by atoms with E-state index in [1.54, 1.807) is 69.3 Å². The molecule has 1 atom stereocenters. The van der Waals surface area contributed by atoms with Gasteiger partial charge in [0.25, 0.3) is 5.91 Å². The molecule has 0 saturated carbocycles. The Morgan fingerprint density at radius 2 is 1.71 bits per heavy atom. The average Bonchev–Trinajstić information content (AvgIpc) is 2.77. The molecule has 1 aliphatic rings. The highest BCUT2D eigenvalue weighted by Gasteiger charge is 2.33. The van der Waals surface area contributed by atoms with Gasteiger partial charge < -0.3 is 20.3 Å². The van der Waals surface area contributed by atoms with E-state index in [2.05, 4.69) is 10.6 Å². The molecule has 3 amide bonds. The summed E-state index contributed by atoms with van der Waals surface area (Å²) in [5.74, 6) is -0.679. The molecule has 0 radical (unpaired) electrons. The molecule has 0 aromatic heterocycles. The second-order valence-corrected chi connectivity index (χ2v) is 7.49. The number of ether oxygens (including phenoxy) is 1. The predicted octanol–water partition coefficient (Wildman–Crippen LogP) is 3.18. The number of para-hydroxylation sites is 2. The minimum Gasteiger partial charge on any atom is -0.444 e. The summed E-state index contributed by atoms with van der Waals surface area (Å²) in [4.78, 5) is 39.5. The zero-order valence-electron chi connectivity index (χ0n) is 16.1. The summed E-state index contributed by atoms with van der Waals surface area (Å²) in [6.45, 7) is 5.19. The van der Waals surface area contributed by atoms with Crippen LogP contribution in [0, 0.1) is 0 Å². The molecular formula is C21H23N3O4. The van der Waals surface area contributed by atoms with Crippen molar-refractivity contribution in [2.75, 3.05) is 16.8 Å². The van der Waals surface area contributed by atoms with Gasteiger partial charge in [-0.15, -0.1) is 0 Å². The van der Waals surface area contributed by atoms with Crippen molar-refractivity contribution in [1.29, 1.82) is 0 Å². The van der Waals surface area contributed by atoms with Crippen LogP contribution < -0.4 is 15.5 Å². The van der Waals surface area contributed by atoms with E-state index in [0.29, 0.717) is 16.9 Å². The predicted molar refractivity (Wildman–Crippen MR) is 106 cm³/mol. The third kappa shape index (κ3) is 4.49. The first-order chi connectivity index (χ1) is 13.2. The number of rotatable bonds is 2. The molecule has 7 heteroatoms. The second-order valence-electron chi connectivity index (χ2n) is 7.49. The van der Waals surface area contributed by atoms with Gasteiger partial charge in [-0.05, 0) is 45.0 Å². The Morgan fingerprint density at radius 3 is 2.39 bits per heavy atom. The molecule has 0 aliphatic carbocycles. The van der Waals surface area contributed by atoms with Crippen LogP contribution in [0.5, 0.6) is 0 Å². The molecule has 2 aromatic rings. The topological polar surface area (TPSA) is 87.7 Å². The second kappa shape index (κ2) is 7.72. The van der Waals surface area contributed by atoms with Gasteiger partial charge in [0.15, 0.2) is 0 Å². The van der Waals surface area contributed by atoms with Crippen molar-refractivity contribution in [2.45, 2.75) is 32.4 Å². The number of nitrogens with zero attached hydrogens (tertiary/aromatic N) is 1. The molecule has 0 spiro atoms. The third-order valence-electron chi connectivity index (χ3n) is 4.09. The molecule has 3 rings (SSSR count). The molecule has 7 nitrogen and oxygen atoms in total. The quantitative estimate of drug-likeness (QED) is 0.836. The molecule has 0 saturated heterocycles. The number of benzene rings is 2. The fraction of sp³-hybridized carbons (Fsp3) is 0.286. The van der Waals surface area contributed by atoms with Crippen LogP contribution in [0.3, 0.4) is 0 Å². The Bertz CT molecular complexity index is 890. The van der Waals surface area contributed by atoms with Gasteiger partial charge in [0.05, 0.1) is 17.9 Å². The molecule has 1 unspecified atom stereocenters. The van der Waals surface area contributed by atoms with Gasteiger partial charge in [0, 0.05) is 5.56 Å². The van der Waals surface area contributed by atoms with Gasteiger partial charge in [-0.1, -0.05) is 30.3 Å². The Morgan fingerprint density at radius 1 is 1.07 bits per heavy atom. The van der Waals surface area contributed by atoms with Gasteiger partial charge in [0.1, 0.15) is 11.6 Å². The zero-order valence-corrected chi connectivity index (χ0v) is 16.1. The van der Waals surface area contributed by atoms with Crippen molar-refractivity contribution in [3.63, 3.8) is 0 Å². The van der Waals surface area contributed by atoms with Gasteiger partial charge in [-0.25, -0.2) is 4.79 Å². The summed E-state index contributed by atoms with van der Waals surface area (Å²) < 4.78 is 5.25. The van der Waals surface area contributed by atoms with Crippen molar-refractivity contribution in [3.8, 4) is 0 Å². The Hall–Kier alpha value is -3.35. The molecule has 1 aliphatic heterocycles. The van der Waals surface area contributed by atoms with Crippen molar-refractivity contribution in [1.82, 2.24) is 5.32 Å². The van der Waals surface area contributed by atoms with E-state index in [4.69, 9.17) is 4.74 Å². The highest BCUT2D eigenvalue weighted by Crippen LogP contribution is 2.29. The molecule has 146 valence electrons. The number of carbonyl (C=O) groups excluding carboxylic acids is 3. The summed E-state index contributed by atoms with van der Waals surface area (Å²) in [5, 5.41) is 5.34. The van der Waals surface area contributed by atoms with Crippen molar-refractivity contribution in [3.05, 3.63) is 60.2 Å². The van der Waals surface area contributed by atoms with E-state index in [1.807, 2.05) is 6.07 Å². The maximum atomic E-state index is 13.1. The standard InChI is InChI=1S/C21H23N3O4/c1-21(2,3)28-20(27)23-16-13-24(19(26)14-9-5-4-6-10-14)17-12-8-7-11-15(17)22-18(16)25/h4-12,16H,13H2,1-3H3,(H,22,25)(H,23,27). The molecule has 0 fully saturated rings. The number of amides is 3. The summed E-state index contributed by atoms with van der Waals surface area (Å²) in [6, 6.07) is 14.9. The van der Waals surface area contributed by atoms with Crippen LogP contribution in [0.2, 0.25) is 0 Å². The fourth-order valence-corrected chi connectivity index (χ4v) is 2.89. The maximum Gasteiger partial charge on any atom is 0.408 e. The molecular weight excluding hydrogens is 358 g/mol. The highest BCUT2D eigenvalue weighted by molar-refractivity contribution is 6.11. The van der Waals surface area contributed by atoms with Crippen LogP contribution in [-0.2, 0) is 9.53 Å². The van der Waals surface area contributed by atoms with Crippen LogP contribution in [0.1, 0.15) is 31.1 Å². The van der Waals surface area contributed by atoms with Crippen LogP contribution in [0.4, 0.5) is 16.2 Å². The molecule has 2 aromatic carbocycles. The number of anilines is 2. The molecule has 2 N–H and O–H groups in total. The van der Waals surface area contributed by atoms with Gasteiger partial charge in [-0.3, -0.25) is 9.59 Å². The first kappa shape index (κ1) is 19.4. The van der Waals surface area contributed by atoms with Gasteiger partial charge in [-0.2, -0.15) is 0 Å². The lowest BCUT2D eigenvalue weighted by atomic mass is 10.1. The van der Waals surface area contributed by atoms with E-state index in [9.17, 15) is 14.4 Å². The molecule has 1 heterocycles. The lowest BCUT2D eigenvalue weighted by molar-refractivity contribution is -0.117. The molecule has 0 bridgehead atoms. The van der Waals surface area contributed by atoms with Crippen LogP contribution in [0.25, 0.3) is 0 Å². The van der Waals surface area contributed by atoms with Gasteiger partial charge in [0.2, 0.25) is 5.91 Å². The maximum absolute atomic E-state index is 13.1. The van der Waals surface area contributed by atoms with E-state index in [-0.39, 0.29) is 12.5 Å². The number of hydrogen-bond acceptors (Lipinski definition) is 4. The number of nitrogens with one attached hydrogen (secondary N) is 2. The lowest BCUT2D eigenvalue weighted by Gasteiger charge is -2.26. The zero-order chi connectivity index (χ0) is 20.3. The number of carbonyl (C=O) groups is 3. The number of hydrogen-bond donors (Lipinski definition) is 2. The van der Waals surface area contributed by atoms with Gasteiger partial charge >= 0.3 is 6.09 Å². The van der Waals surface area contributed by atoms with E-state index in [0.717, 1.165) is 0 Å². The fourth-order valence-electron chi connectivity index (χ4n) is 2.89. The van der Waals surface area contributed by atoms with Crippen LogP contribution in [-0.4, -0.2) is 36.1 Å². The van der Waals surface area contributed by atoms with E-state index >= 15 is 0 Å². The van der Waals surface area contributed by atoms with E-state index in [1.165, 1.54) is 4.90 Å². The summed E-state index contributed by atoms with van der Waals surface area (Å²) in [6.07, 6.45) is -0.717. The Balaban J connectivity index is 1.91. The Labute approximate surface area is 163 Å². The normalized spacial score (nSPS) is 16.5. The minimum atomic E-state index is -0.963. The minimum absolute atomic E-state index is 0.0180. The first-order valence-corrected chi connectivity index (χ1v) is 9.01. The largest absolute Gasteiger partial charge is 0.444 e. The van der Waals surface area contributed by atoms with Crippen molar-refractivity contribution >= 4 is 29.3 Å². The smallest absolute Gasteiger partial charge is 0.408 e. The van der Waals surface area contributed by atoms with E-state index < -0.39 is 23.6 Å². The Kier molecular flexibility index (Phi) is 5.35. The summed E-state index contributed by atoms with van der Waals surface area (Å²) in [7, 11) is 0. The number of fused-ring (bicyclic) bond motifs is 1. The average molecular weight is 381 g/mol. The monoisotopic (exact) mass is 381 g/mol. The van der Waals surface area contributed by atoms with Crippen molar-refractivity contribution < 1.29 is 19.1 Å². The number of alkyl carbamates (subject to hydrolysis) is 1. The summed E-state index contributed by atoms with van der Waals surface area (Å²) >= 11 is 0. The highest BCUT2D eigenvalue weighted by atomic mass is 16.6. The van der Waals surface area contributed by atoms with Crippen LogP contribution in [0.15, 0.2) is 54.6 Å². The SMILES string of the molecule is CC(C)(C)OC(=O)NC1CN(C(=O)c2ccccc2)c2ccccc2NC1=O. The summed E-state index contributed by atoms with van der Waals surface area (Å²) in [5.41, 5.74) is 0.861. The third-order valence-corrected chi connectivity index (χ3v) is 4.09. The lowest BCUT2D eigenvalue weighted by Crippen LogP contribution is -2.51. The van der Waals surface area contributed by atoms with Crippen molar-refractivity contribution in [2.24, 2.45) is 0 Å². The first-order valence-electron chi connectivity index (χ1n) is 9.01. The molecule has 28 heavy (non-hydrogen) atoms. The van der Waals surface area contributed by atoms with Crippen LogP contribution >= 0.6 is 0 Å².